The van der Waals surface area contributed by atoms with Crippen molar-refractivity contribution in [2.75, 3.05) is 18.4 Å². The first-order chi connectivity index (χ1) is 13.0. The Morgan fingerprint density at radius 2 is 1.70 bits per heavy atom. The molecule has 1 aliphatic heterocycles. The number of sulfonamides is 1. The topological polar surface area (TPSA) is 66.5 Å². The number of nitrogens with one attached hydrogen (secondary N) is 1. The highest BCUT2D eigenvalue weighted by atomic mass is 35.5. The molecule has 2 aromatic carbocycles. The predicted molar refractivity (Wildman–Crippen MR) is 105 cm³/mol. The van der Waals surface area contributed by atoms with Crippen molar-refractivity contribution in [2.24, 2.45) is 5.92 Å². The molecule has 2 aliphatic rings. The van der Waals surface area contributed by atoms with E-state index in [0.717, 1.165) is 24.8 Å². The minimum Gasteiger partial charge on any atom is -0.326 e. The monoisotopic (exact) mass is 404 g/mol. The lowest BCUT2D eigenvalue weighted by molar-refractivity contribution is -0.117. The van der Waals surface area contributed by atoms with Crippen molar-refractivity contribution in [3.05, 3.63) is 59.1 Å². The molecule has 142 valence electrons. The van der Waals surface area contributed by atoms with E-state index in [4.69, 9.17) is 11.6 Å². The largest absolute Gasteiger partial charge is 0.326 e. The number of hydrogen-bond donors (Lipinski definition) is 1. The van der Waals surface area contributed by atoms with Crippen molar-refractivity contribution in [1.29, 1.82) is 0 Å². The lowest BCUT2D eigenvalue weighted by Crippen LogP contribution is -2.27. The van der Waals surface area contributed by atoms with Crippen LogP contribution < -0.4 is 5.32 Å². The Kier molecular flexibility index (Phi) is 4.97. The first kappa shape index (κ1) is 18.5. The first-order valence-electron chi connectivity index (χ1n) is 9.12. The maximum atomic E-state index is 12.5. The highest BCUT2D eigenvalue weighted by molar-refractivity contribution is 7.89. The van der Waals surface area contributed by atoms with Gasteiger partial charge in [0.05, 0.1) is 4.90 Å². The standard InChI is InChI=1S/C20H21ClN2O3S/c21-19-6-2-1-5-16(19)17-13-18(17)20(24)22-14-7-9-15(10-8-14)27(25,26)23-11-3-4-12-23/h1-2,5-10,17-18H,3-4,11-13H2,(H,22,24). The van der Waals surface area contributed by atoms with Crippen LogP contribution in [0.3, 0.4) is 0 Å². The van der Waals surface area contributed by atoms with Crippen LogP contribution in [0.1, 0.15) is 30.7 Å². The summed E-state index contributed by atoms with van der Waals surface area (Å²) in [5.41, 5.74) is 1.61. The van der Waals surface area contributed by atoms with Gasteiger partial charge in [-0.15, -0.1) is 0 Å². The minimum absolute atomic E-state index is 0.0601. The molecule has 7 heteroatoms. The number of carbonyl (C=O) groups is 1. The van der Waals surface area contributed by atoms with E-state index in [-0.39, 0.29) is 22.6 Å². The lowest BCUT2D eigenvalue weighted by atomic mass is 10.1. The summed E-state index contributed by atoms with van der Waals surface area (Å²) in [5.74, 6) is -0.0125. The molecule has 4 rings (SSSR count). The van der Waals surface area contributed by atoms with Crippen molar-refractivity contribution in [2.45, 2.75) is 30.1 Å². The molecule has 1 heterocycles. The van der Waals surface area contributed by atoms with Crippen molar-refractivity contribution in [1.82, 2.24) is 4.31 Å². The summed E-state index contributed by atoms with van der Waals surface area (Å²) >= 11 is 6.21. The Labute approximate surface area is 164 Å². The second-order valence-corrected chi connectivity index (χ2v) is 9.44. The van der Waals surface area contributed by atoms with Crippen molar-refractivity contribution in [3.63, 3.8) is 0 Å². The Morgan fingerprint density at radius 1 is 1.04 bits per heavy atom. The van der Waals surface area contributed by atoms with Crippen LogP contribution >= 0.6 is 11.6 Å². The zero-order valence-electron chi connectivity index (χ0n) is 14.8. The number of halogens is 1. The minimum atomic E-state index is -3.43. The Morgan fingerprint density at radius 3 is 2.37 bits per heavy atom. The van der Waals surface area contributed by atoms with Gasteiger partial charge in [0.2, 0.25) is 15.9 Å². The van der Waals surface area contributed by atoms with E-state index in [2.05, 4.69) is 5.32 Å². The number of rotatable bonds is 5. The fourth-order valence-electron chi connectivity index (χ4n) is 3.63. The molecule has 0 radical (unpaired) electrons. The molecule has 1 aliphatic carbocycles. The van der Waals surface area contributed by atoms with E-state index in [0.29, 0.717) is 23.8 Å². The molecule has 27 heavy (non-hydrogen) atoms. The number of benzene rings is 2. The van der Waals surface area contributed by atoms with Gasteiger partial charge < -0.3 is 5.32 Å². The van der Waals surface area contributed by atoms with Crippen LogP contribution in [0.5, 0.6) is 0 Å². The van der Waals surface area contributed by atoms with Crippen LogP contribution in [-0.4, -0.2) is 31.7 Å². The molecule has 2 aromatic rings. The van der Waals surface area contributed by atoms with E-state index >= 15 is 0 Å². The van der Waals surface area contributed by atoms with Crippen LogP contribution in [0.4, 0.5) is 5.69 Å². The molecule has 1 saturated carbocycles. The Balaban J connectivity index is 1.41. The Bertz CT molecular complexity index is 953. The molecule has 0 bridgehead atoms. The van der Waals surface area contributed by atoms with E-state index in [1.54, 1.807) is 24.3 Å². The van der Waals surface area contributed by atoms with E-state index in [1.165, 1.54) is 4.31 Å². The second kappa shape index (κ2) is 7.26. The molecular weight excluding hydrogens is 384 g/mol. The van der Waals surface area contributed by atoms with Crippen molar-refractivity contribution >= 4 is 33.2 Å². The molecular formula is C20H21ClN2O3S. The van der Waals surface area contributed by atoms with Crippen molar-refractivity contribution < 1.29 is 13.2 Å². The summed E-state index contributed by atoms with van der Waals surface area (Å²) in [6, 6.07) is 14.0. The van der Waals surface area contributed by atoms with Gasteiger partial charge >= 0.3 is 0 Å². The number of anilines is 1. The third kappa shape index (κ3) is 3.74. The highest BCUT2D eigenvalue weighted by Gasteiger charge is 2.44. The maximum absolute atomic E-state index is 12.5. The van der Waals surface area contributed by atoms with Crippen molar-refractivity contribution in [3.8, 4) is 0 Å². The van der Waals surface area contributed by atoms with E-state index in [9.17, 15) is 13.2 Å². The van der Waals surface area contributed by atoms with Crippen LogP contribution in [0.25, 0.3) is 0 Å². The van der Waals surface area contributed by atoms with Crippen LogP contribution in [0.2, 0.25) is 5.02 Å². The summed E-state index contributed by atoms with van der Waals surface area (Å²) in [6.45, 7) is 1.15. The van der Waals surface area contributed by atoms with Gasteiger partial charge in [-0.25, -0.2) is 8.42 Å². The molecule has 0 spiro atoms. The van der Waals surface area contributed by atoms with Gasteiger partial charge in [-0.05, 0) is 61.1 Å². The van der Waals surface area contributed by atoms with E-state index < -0.39 is 10.0 Å². The molecule has 1 amide bonds. The quantitative estimate of drug-likeness (QED) is 0.822. The van der Waals surface area contributed by atoms with Gasteiger partial charge in [-0.1, -0.05) is 29.8 Å². The van der Waals surface area contributed by atoms with Crippen LogP contribution in [0.15, 0.2) is 53.4 Å². The first-order valence-corrected chi connectivity index (χ1v) is 10.9. The molecule has 5 nitrogen and oxygen atoms in total. The molecule has 1 N–H and O–H groups in total. The SMILES string of the molecule is O=C(Nc1ccc(S(=O)(=O)N2CCCC2)cc1)C1CC1c1ccccc1Cl. The summed E-state index contributed by atoms with van der Waals surface area (Å²) in [6.07, 6.45) is 2.58. The smallest absolute Gasteiger partial charge is 0.243 e. The summed E-state index contributed by atoms with van der Waals surface area (Å²) < 4.78 is 26.6. The summed E-state index contributed by atoms with van der Waals surface area (Å²) in [5, 5.41) is 3.57. The fraction of sp³-hybridized carbons (Fsp3) is 0.350. The second-order valence-electron chi connectivity index (χ2n) is 7.10. The van der Waals surface area contributed by atoms with Crippen LogP contribution in [0, 0.1) is 5.92 Å². The van der Waals surface area contributed by atoms with Gasteiger partial charge in [0.1, 0.15) is 0 Å². The zero-order valence-corrected chi connectivity index (χ0v) is 16.3. The zero-order chi connectivity index (χ0) is 19.0. The number of hydrogen-bond acceptors (Lipinski definition) is 3. The normalized spacial score (nSPS) is 22.6. The molecule has 0 aromatic heterocycles. The third-order valence-corrected chi connectivity index (χ3v) is 7.51. The van der Waals surface area contributed by atoms with Gasteiger partial charge in [0.25, 0.3) is 0 Å². The molecule has 2 fully saturated rings. The van der Waals surface area contributed by atoms with Gasteiger partial charge in [0, 0.05) is 29.7 Å². The molecule has 1 saturated heterocycles. The summed E-state index contributed by atoms with van der Waals surface area (Å²) in [7, 11) is -3.43. The van der Waals surface area contributed by atoms with Gasteiger partial charge in [-0.3, -0.25) is 4.79 Å². The maximum Gasteiger partial charge on any atom is 0.243 e. The molecule has 2 unspecified atom stereocenters. The third-order valence-electron chi connectivity index (χ3n) is 5.26. The average molecular weight is 405 g/mol. The van der Waals surface area contributed by atoms with E-state index in [1.807, 2.05) is 24.3 Å². The number of nitrogens with zero attached hydrogens (tertiary/aromatic N) is 1. The number of amides is 1. The average Bonchev–Trinajstić information content (AvgIpc) is 3.25. The van der Waals surface area contributed by atoms with Crippen LogP contribution in [-0.2, 0) is 14.8 Å². The predicted octanol–water partition coefficient (Wildman–Crippen LogP) is 3.87. The van der Waals surface area contributed by atoms with Gasteiger partial charge in [-0.2, -0.15) is 4.31 Å². The highest BCUT2D eigenvalue weighted by Crippen LogP contribution is 2.50. The fourth-order valence-corrected chi connectivity index (χ4v) is 5.42. The Hall–Kier alpha value is -1.89. The summed E-state index contributed by atoms with van der Waals surface area (Å²) in [4.78, 5) is 12.7. The van der Waals surface area contributed by atoms with Gasteiger partial charge in [0.15, 0.2) is 0 Å². The lowest BCUT2D eigenvalue weighted by Gasteiger charge is -2.15. The number of carbonyl (C=O) groups excluding carboxylic acids is 1. The molecule has 2 atom stereocenters.